The lowest BCUT2D eigenvalue weighted by Crippen LogP contribution is -2.25. The van der Waals surface area contributed by atoms with Gasteiger partial charge in [-0.05, 0) is 22.3 Å². The summed E-state index contributed by atoms with van der Waals surface area (Å²) in [4.78, 5) is 0. The highest BCUT2D eigenvalue weighted by atomic mass is 19.1. The quantitative estimate of drug-likeness (QED) is 0.735. The number of rotatable bonds is 2. The molecule has 90 valence electrons. The highest BCUT2D eigenvalue weighted by Gasteiger charge is 2.40. The summed E-state index contributed by atoms with van der Waals surface area (Å²) in [7, 11) is 0. The summed E-state index contributed by atoms with van der Waals surface area (Å²) < 4.78 is 15.1. The van der Waals surface area contributed by atoms with Crippen LogP contribution in [0.2, 0.25) is 0 Å². The zero-order valence-corrected chi connectivity index (χ0v) is 10.2. The molecule has 18 heavy (non-hydrogen) atoms. The SMILES string of the molecule is C=C1c2ccccc2CC1(F)Cc1ccccc1. The topological polar surface area (TPSA) is 0 Å². The average Bonchev–Trinajstić information content (AvgIpc) is 2.63. The van der Waals surface area contributed by atoms with Crippen molar-refractivity contribution in [3.8, 4) is 0 Å². The Hall–Kier alpha value is -1.89. The minimum absolute atomic E-state index is 0.404. The van der Waals surface area contributed by atoms with Gasteiger partial charge in [0.15, 0.2) is 0 Å². The highest BCUT2D eigenvalue weighted by Crippen LogP contribution is 2.43. The van der Waals surface area contributed by atoms with Crippen LogP contribution in [0.5, 0.6) is 0 Å². The fraction of sp³-hybridized carbons (Fsp3) is 0.176. The molecule has 0 amide bonds. The van der Waals surface area contributed by atoms with Crippen LogP contribution in [0.25, 0.3) is 5.57 Å². The first-order valence-corrected chi connectivity index (χ1v) is 6.19. The molecule has 0 saturated heterocycles. The number of alkyl halides is 1. The summed E-state index contributed by atoms with van der Waals surface area (Å²) >= 11 is 0. The first-order valence-electron chi connectivity index (χ1n) is 6.19. The second kappa shape index (κ2) is 4.09. The highest BCUT2D eigenvalue weighted by molar-refractivity contribution is 5.78. The Bertz CT molecular complexity index is 586. The van der Waals surface area contributed by atoms with E-state index in [0.29, 0.717) is 18.4 Å². The lowest BCUT2D eigenvalue weighted by molar-refractivity contribution is 0.251. The van der Waals surface area contributed by atoms with Gasteiger partial charge in [0.25, 0.3) is 0 Å². The molecule has 2 aromatic carbocycles. The van der Waals surface area contributed by atoms with Gasteiger partial charge in [0.1, 0.15) is 5.67 Å². The van der Waals surface area contributed by atoms with Crippen LogP contribution in [-0.2, 0) is 12.8 Å². The van der Waals surface area contributed by atoms with Crippen LogP contribution in [0.3, 0.4) is 0 Å². The second-order valence-electron chi connectivity index (χ2n) is 4.94. The van der Waals surface area contributed by atoms with E-state index >= 15 is 4.39 Å². The number of benzene rings is 2. The van der Waals surface area contributed by atoms with Crippen molar-refractivity contribution >= 4 is 5.57 Å². The summed E-state index contributed by atoms with van der Waals surface area (Å²) in [6, 6.07) is 17.6. The molecule has 1 atom stereocenters. The van der Waals surface area contributed by atoms with Crippen LogP contribution in [0.4, 0.5) is 4.39 Å². The first kappa shape index (κ1) is 11.2. The molecule has 0 nitrogen and oxygen atoms in total. The molecule has 0 aromatic heterocycles. The lowest BCUT2D eigenvalue weighted by atomic mass is 9.90. The summed E-state index contributed by atoms with van der Waals surface area (Å²) in [5.74, 6) is 0. The van der Waals surface area contributed by atoms with E-state index in [0.717, 1.165) is 16.7 Å². The molecule has 1 unspecified atom stereocenters. The fourth-order valence-electron chi connectivity index (χ4n) is 2.71. The third kappa shape index (κ3) is 1.76. The molecule has 0 aliphatic heterocycles. The zero-order valence-electron chi connectivity index (χ0n) is 10.2. The number of fused-ring (bicyclic) bond motifs is 1. The van der Waals surface area contributed by atoms with Crippen LogP contribution in [0, 0.1) is 0 Å². The summed E-state index contributed by atoms with van der Waals surface area (Å²) in [6.07, 6.45) is 0.845. The molecule has 1 aliphatic rings. The molecule has 3 rings (SSSR count). The van der Waals surface area contributed by atoms with Crippen molar-refractivity contribution in [3.63, 3.8) is 0 Å². The normalized spacial score (nSPS) is 21.9. The van der Waals surface area contributed by atoms with E-state index in [1.165, 1.54) is 0 Å². The zero-order chi connectivity index (χ0) is 12.6. The van der Waals surface area contributed by atoms with Gasteiger partial charge in [-0.2, -0.15) is 0 Å². The molecule has 1 heteroatoms. The molecule has 1 aliphatic carbocycles. The Morgan fingerprint density at radius 1 is 1.00 bits per heavy atom. The number of hydrogen-bond donors (Lipinski definition) is 0. The van der Waals surface area contributed by atoms with E-state index in [1.54, 1.807) is 0 Å². The maximum absolute atomic E-state index is 15.1. The van der Waals surface area contributed by atoms with Gasteiger partial charge in [0.2, 0.25) is 0 Å². The van der Waals surface area contributed by atoms with E-state index in [2.05, 4.69) is 6.58 Å². The van der Waals surface area contributed by atoms with Gasteiger partial charge in [0, 0.05) is 12.8 Å². The van der Waals surface area contributed by atoms with Crippen molar-refractivity contribution in [2.24, 2.45) is 0 Å². The predicted molar refractivity (Wildman–Crippen MR) is 73.2 cm³/mol. The molecule has 0 saturated carbocycles. The molecule has 0 bridgehead atoms. The van der Waals surface area contributed by atoms with Crippen LogP contribution < -0.4 is 0 Å². The van der Waals surface area contributed by atoms with Crippen LogP contribution in [0.1, 0.15) is 16.7 Å². The van der Waals surface area contributed by atoms with Crippen molar-refractivity contribution in [1.29, 1.82) is 0 Å². The summed E-state index contributed by atoms with van der Waals surface area (Å²) in [5.41, 5.74) is 2.37. The smallest absolute Gasteiger partial charge is 0.144 e. The van der Waals surface area contributed by atoms with E-state index in [1.807, 2.05) is 54.6 Å². The van der Waals surface area contributed by atoms with Gasteiger partial charge < -0.3 is 0 Å². The van der Waals surface area contributed by atoms with Gasteiger partial charge in [-0.25, -0.2) is 4.39 Å². The maximum Gasteiger partial charge on any atom is 0.144 e. The van der Waals surface area contributed by atoms with Gasteiger partial charge in [-0.1, -0.05) is 61.2 Å². The summed E-state index contributed by atoms with van der Waals surface area (Å²) in [5, 5.41) is 0. The molecular formula is C17H15F. The molecule has 0 N–H and O–H groups in total. The van der Waals surface area contributed by atoms with Crippen LogP contribution in [0.15, 0.2) is 61.2 Å². The fourth-order valence-corrected chi connectivity index (χ4v) is 2.71. The predicted octanol–water partition coefficient (Wildman–Crippen LogP) is 4.21. The van der Waals surface area contributed by atoms with E-state index in [9.17, 15) is 0 Å². The molecule has 0 fully saturated rings. The second-order valence-corrected chi connectivity index (χ2v) is 4.94. The number of hydrogen-bond acceptors (Lipinski definition) is 0. The van der Waals surface area contributed by atoms with E-state index < -0.39 is 5.67 Å². The van der Waals surface area contributed by atoms with Crippen molar-refractivity contribution < 1.29 is 4.39 Å². The molecule has 0 spiro atoms. The maximum atomic E-state index is 15.1. The van der Waals surface area contributed by atoms with Crippen molar-refractivity contribution in [2.45, 2.75) is 18.5 Å². The van der Waals surface area contributed by atoms with Crippen molar-refractivity contribution in [3.05, 3.63) is 77.9 Å². The third-order valence-corrected chi connectivity index (χ3v) is 3.68. The summed E-state index contributed by atoms with van der Waals surface area (Å²) in [6.45, 7) is 3.97. The monoisotopic (exact) mass is 238 g/mol. The minimum Gasteiger partial charge on any atom is -0.238 e. The Labute approximate surface area is 107 Å². The third-order valence-electron chi connectivity index (χ3n) is 3.68. The van der Waals surface area contributed by atoms with Crippen molar-refractivity contribution in [1.82, 2.24) is 0 Å². The number of halogens is 1. The molecule has 0 heterocycles. The van der Waals surface area contributed by atoms with E-state index in [4.69, 9.17) is 0 Å². The Balaban J connectivity index is 1.93. The van der Waals surface area contributed by atoms with Gasteiger partial charge in [-0.3, -0.25) is 0 Å². The minimum atomic E-state index is -1.33. The van der Waals surface area contributed by atoms with Gasteiger partial charge in [0.05, 0.1) is 0 Å². The largest absolute Gasteiger partial charge is 0.238 e. The Morgan fingerprint density at radius 3 is 2.39 bits per heavy atom. The van der Waals surface area contributed by atoms with Gasteiger partial charge >= 0.3 is 0 Å². The molecule has 0 radical (unpaired) electrons. The Kier molecular flexibility index (Phi) is 2.55. The van der Waals surface area contributed by atoms with E-state index in [-0.39, 0.29) is 0 Å². The first-order chi connectivity index (χ1) is 8.69. The lowest BCUT2D eigenvalue weighted by Gasteiger charge is -2.21. The van der Waals surface area contributed by atoms with Crippen molar-refractivity contribution in [2.75, 3.05) is 0 Å². The number of allylic oxidation sites excluding steroid dienone is 1. The average molecular weight is 238 g/mol. The van der Waals surface area contributed by atoms with Gasteiger partial charge in [-0.15, -0.1) is 0 Å². The van der Waals surface area contributed by atoms with Crippen LogP contribution in [-0.4, -0.2) is 5.67 Å². The standard InChI is InChI=1S/C17H15F/c1-13-16-10-6-5-9-15(16)12-17(13,18)11-14-7-3-2-4-8-14/h2-10H,1,11-12H2. The molecule has 2 aromatic rings. The van der Waals surface area contributed by atoms with Crippen LogP contribution >= 0.6 is 0 Å². The Morgan fingerprint density at radius 2 is 1.67 bits per heavy atom. The molecular weight excluding hydrogens is 223 g/mol.